The van der Waals surface area contributed by atoms with Crippen LogP contribution in [0.4, 0.5) is 0 Å². The molecule has 4 aromatic carbocycles. The molecular formula is C24H15NO. The zero-order chi connectivity index (χ0) is 17.1. The topological polar surface area (TPSA) is 28.9 Å². The van der Waals surface area contributed by atoms with Gasteiger partial charge in [-0.25, -0.2) is 0 Å². The minimum atomic E-state index is 0.935. The van der Waals surface area contributed by atoms with Crippen LogP contribution in [0.15, 0.2) is 89.3 Å². The van der Waals surface area contributed by atoms with Crippen molar-refractivity contribution in [3.8, 4) is 11.1 Å². The number of para-hydroxylation sites is 1. The molecule has 0 atom stereocenters. The lowest BCUT2D eigenvalue weighted by Gasteiger charge is -2.01. The molecule has 0 fully saturated rings. The van der Waals surface area contributed by atoms with Crippen LogP contribution in [0.1, 0.15) is 0 Å². The number of aromatic nitrogens is 1. The highest BCUT2D eigenvalue weighted by Crippen LogP contribution is 2.38. The van der Waals surface area contributed by atoms with Gasteiger partial charge in [-0.15, -0.1) is 0 Å². The summed E-state index contributed by atoms with van der Waals surface area (Å²) in [5.74, 6) is 0. The molecule has 6 rings (SSSR count). The quantitative estimate of drug-likeness (QED) is 0.349. The highest BCUT2D eigenvalue weighted by Gasteiger charge is 2.14. The molecule has 0 aliphatic rings. The highest BCUT2D eigenvalue weighted by atomic mass is 16.3. The number of H-pyrrole nitrogens is 1. The summed E-state index contributed by atoms with van der Waals surface area (Å²) >= 11 is 0. The van der Waals surface area contributed by atoms with Gasteiger partial charge >= 0.3 is 0 Å². The molecule has 2 heterocycles. The van der Waals surface area contributed by atoms with Gasteiger partial charge in [0.25, 0.3) is 0 Å². The van der Waals surface area contributed by atoms with Crippen LogP contribution in [-0.4, -0.2) is 4.98 Å². The number of aromatic amines is 1. The molecule has 0 aliphatic carbocycles. The minimum Gasteiger partial charge on any atom is -0.455 e. The molecule has 2 nitrogen and oxygen atoms in total. The van der Waals surface area contributed by atoms with E-state index in [1.807, 2.05) is 18.2 Å². The van der Waals surface area contributed by atoms with Crippen LogP contribution in [0.3, 0.4) is 0 Å². The molecular weight excluding hydrogens is 318 g/mol. The fourth-order valence-corrected chi connectivity index (χ4v) is 3.98. The lowest BCUT2D eigenvalue weighted by molar-refractivity contribution is 0.673. The summed E-state index contributed by atoms with van der Waals surface area (Å²) in [7, 11) is 0. The van der Waals surface area contributed by atoms with E-state index in [-0.39, 0.29) is 0 Å². The van der Waals surface area contributed by atoms with Gasteiger partial charge in [0.05, 0.1) is 10.9 Å². The average molecular weight is 333 g/mol. The van der Waals surface area contributed by atoms with Gasteiger partial charge in [0.1, 0.15) is 11.2 Å². The lowest BCUT2D eigenvalue weighted by Crippen LogP contribution is -1.77. The largest absolute Gasteiger partial charge is 0.455 e. The Bertz CT molecular complexity index is 1420. The van der Waals surface area contributed by atoms with Crippen molar-refractivity contribution in [1.29, 1.82) is 0 Å². The van der Waals surface area contributed by atoms with Crippen molar-refractivity contribution in [3.63, 3.8) is 0 Å². The summed E-state index contributed by atoms with van der Waals surface area (Å²) in [6.45, 7) is 0. The zero-order valence-electron chi connectivity index (χ0n) is 14.0. The first-order valence-corrected chi connectivity index (χ1v) is 8.79. The number of fused-ring (bicyclic) bond motifs is 7. The van der Waals surface area contributed by atoms with Gasteiger partial charge in [-0.05, 0) is 35.4 Å². The molecule has 0 saturated carbocycles. The van der Waals surface area contributed by atoms with E-state index in [0.717, 1.165) is 27.6 Å². The van der Waals surface area contributed by atoms with E-state index in [0.29, 0.717) is 0 Å². The van der Waals surface area contributed by atoms with Crippen molar-refractivity contribution in [2.24, 2.45) is 0 Å². The lowest BCUT2D eigenvalue weighted by atomic mass is 10.0. The minimum absolute atomic E-state index is 0.935. The number of benzene rings is 4. The van der Waals surface area contributed by atoms with Crippen molar-refractivity contribution in [2.75, 3.05) is 0 Å². The van der Waals surface area contributed by atoms with Crippen LogP contribution < -0.4 is 0 Å². The highest BCUT2D eigenvalue weighted by molar-refractivity contribution is 6.23. The molecule has 1 N–H and O–H groups in total. The third kappa shape index (κ3) is 1.81. The first kappa shape index (κ1) is 13.7. The maximum Gasteiger partial charge on any atom is 0.145 e. The molecule has 2 heteroatoms. The van der Waals surface area contributed by atoms with Crippen LogP contribution in [-0.2, 0) is 0 Å². The SMILES string of the molecule is c1ccc(-c2ccc3c(c2)[nH]c2ccc4c5ccccc5oc4c23)cc1. The Kier molecular flexibility index (Phi) is 2.64. The molecule has 0 bridgehead atoms. The summed E-state index contributed by atoms with van der Waals surface area (Å²) in [6.07, 6.45) is 0. The van der Waals surface area contributed by atoms with Crippen LogP contribution in [0, 0.1) is 0 Å². The third-order valence-electron chi connectivity index (χ3n) is 5.21. The smallest absolute Gasteiger partial charge is 0.145 e. The molecule has 0 saturated heterocycles. The van der Waals surface area contributed by atoms with Crippen molar-refractivity contribution >= 4 is 43.7 Å². The Labute approximate surface area is 149 Å². The Morgan fingerprint density at radius 1 is 0.577 bits per heavy atom. The standard InChI is InChI=1S/C24H15NO/c1-2-6-15(7-3-1)16-10-11-19-21(14-16)25-20-13-12-18-17-8-4-5-9-22(17)26-24(18)23(19)20/h1-14,25H. The van der Waals surface area contributed by atoms with E-state index in [9.17, 15) is 0 Å². The van der Waals surface area contributed by atoms with E-state index in [1.165, 1.54) is 27.3 Å². The van der Waals surface area contributed by atoms with Crippen LogP contribution in [0.2, 0.25) is 0 Å². The van der Waals surface area contributed by atoms with Crippen molar-refractivity contribution in [2.45, 2.75) is 0 Å². The van der Waals surface area contributed by atoms with Crippen LogP contribution >= 0.6 is 0 Å². The van der Waals surface area contributed by atoms with Crippen molar-refractivity contribution < 1.29 is 4.42 Å². The van der Waals surface area contributed by atoms with Crippen molar-refractivity contribution in [1.82, 2.24) is 4.98 Å². The van der Waals surface area contributed by atoms with E-state index >= 15 is 0 Å². The monoisotopic (exact) mass is 333 g/mol. The summed E-state index contributed by atoms with van der Waals surface area (Å²) in [5.41, 5.74) is 6.58. The summed E-state index contributed by atoms with van der Waals surface area (Å²) in [5, 5.41) is 4.69. The number of rotatable bonds is 1. The fourth-order valence-electron chi connectivity index (χ4n) is 3.98. The average Bonchev–Trinajstić information content (AvgIpc) is 3.25. The Morgan fingerprint density at radius 2 is 1.38 bits per heavy atom. The Hall–Kier alpha value is -3.52. The summed E-state index contributed by atoms with van der Waals surface area (Å²) in [4.78, 5) is 3.56. The second-order valence-corrected chi connectivity index (χ2v) is 6.71. The van der Waals surface area contributed by atoms with Crippen molar-refractivity contribution in [3.05, 3.63) is 84.9 Å². The Balaban J connectivity index is 1.71. The van der Waals surface area contributed by atoms with Crippen LogP contribution in [0.5, 0.6) is 0 Å². The van der Waals surface area contributed by atoms with Gasteiger partial charge in [0.15, 0.2) is 0 Å². The zero-order valence-corrected chi connectivity index (χ0v) is 14.0. The fraction of sp³-hybridized carbons (Fsp3) is 0. The second kappa shape index (κ2) is 4.99. The predicted octanol–water partition coefficient (Wildman–Crippen LogP) is 6.89. The van der Waals surface area contributed by atoms with Gasteiger partial charge in [-0.1, -0.05) is 60.7 Å². The summed E-state index contributed by atoms with van der Waals surface area (Å²) < 4.78 is 6.23. The molecule has 2 aromatic heterocycles. The maximum absolute atomic E-state index is 6.23. The van der Waals surface area contributed by atoms with E-state index in [2.05, 4.69) is 71.7 Å². The maximum atomic E-state index is 6.23. The number of nitrogens with one attached hydrogen (secondary N) is 1. The third-order valence-corrected chi connectivity index (χ3v) is 5.21. The molecule has 6 aromatic rings. The summed E-state index contributed by atoms with van der Waals surface area (Å²) in [6, 6.07) is 29.6. The van der Waals surface area contributed by atoms with Gasteiger partial charge in [-0.2, -0.15) is 0 Å². The molecule has 0 amide bonds. The molecule has 0 aliphatic heterocycles. The second-order valence-electron chi connectivity index (χ2n) is 6.71. The number of furan rings is 1. The van der Waals surface area contributed by atoms with E-state index in [4.69, 9.17) is 4.42 Å². The normalized spacial score (nSPS) is 11.8. The van der Waals surface area contributed by atoms with Gasteiger partial charge < -0.3 is 9.40 Å². The van der Waals surface area contributed by atoms with Crippen LogP contribution in [0.25, 0.3) is 54.9 Å². The van der Waals surface area contributed by atoms with E-state index < -0.39 is 0 Å². The molecule has 26 heavy (non-hydrogen) atoms. The van der Waals surface area contributed by atoms with E-state index in [1.54, 1.807) is 0 Å². The molecule has 0 radical (unpaired) electrons. The molecule has 0 unspecified atom stereocenters. The first-order valence-electron chi connectivity index (χ1n) is 8.79. The Morgan fingerprint density at radius 3 is 2.31 bits per heavy atom. The van der Waals surface area contributed by atoms with Gasteiger partial charge in [0.2, 0.25) is 0 Å². The first-order chi connectivity index (χ1) is 12.9. The van der Waals surface area contributed by atoms with Gasteiger partial charge in [0, 0.05) is 21.7 Å². The molecule has 122 valence electrons. The van der Waals surface area contributed by atoms with Gasteiger partial charge in [-0.3, -0.25) is 0 Å². The molecule has 0 spiro atoms. The number of hydrogen-bond acceptors (Lipinski definition) is 1. The predicted molar refractivity (Wildman–Crippen MR) is 109 cm³/mol. The number of hydrogen-bond donors (Lipinski definition) is 1.